The maximum atomic E-state index is 12.4. The first kappa shape index (κ1) is 15.8. The fraction of sp³-hybridized carbons (Fsp3) is 0.125. The molecule has 0 spiro atoms. The largest absolute Gasteiger partial charge is 0.495 e. The van der Waals surface area contributed by atoms with E-state index in [0.717, 1.165) is 16.2 Å². The predicted molar refractivity (Wildman–Crippen MR) is 89.0 cm³/mol. The molecule has 0 atom stereocenters. The van der Waals surface area contributed by atoms with Crippen LogP contribution in [-0.2, 0) is 16.6 Å². The fourth-order valence-corrected chi connectivity index (χ4v) is 4.21. The van der Waals surface area contributed by atoms with E-state index < -0.39 is 10.0 Å². The van der Waals surface area contributed by atoms with Gasteiger partial charge in [0.15, 0.2) is 0 Å². The highest BCUT2D eigenvalue weighted by Gasteiger charge is 2.19. The molecule has 0 saturated carbocycles. The van der Waals surface area contributed by atoms with Crippen LogP contribution < -0.4 is 9.46 Å². The summed E-state index contributed by atoms with van der Waals surface area (Å²) in [4.78, 5) is 1.03. The summed E-state index contributed by atoms with van der Waals surface area (Å²) in [6.07, 6.45) is 1.61. The number of thiophene rings is 1. The molecule has 1 N–H and O–H groups in total. The summed E-state index contributed by atoms with van der Waals surface area (Å²) in [5.74, 6) is 1.09. The maximum Gasteiger partial charge on any atom is 0.244 e. The van der Waals surface area contributed by atoms with E-state index in [1.165, 1.54) is 24.5 Å². The van der Waals surface area contributed by atoms with Crippen molar-refractivity contribution in [2.45, 2.75) is 11.4 Å². The first-order chi connectivity index (χ1) is 11.1. The van der Waals surface area contributed by atoms with Crippen molar-refractivity contribution in [3.05, 3.63) is 59.0 Å². The lowest BCUT2D eigenvalue weighted by atomic mass is 10.2. The van der Waals surface area contributed by atoms with Crippen molar-refractivity contribution < 1.29 is 17.6 Å². The Labute approximate surface area is 138 Å². The molecule has 0 aliphatic carbocycles. The van der Waals surface area contributed by atoms with Crippen molar-refractivity contribution in [3.63, 3.8) is 0 Å². The van der Waals surface area contributed by atoms with Gasteiger partial charge < -0.3 is 9.15 Å². The van der Waals surface area contributed by atoms with Crippen molar-refractivity contribution in [1.29, 1.82) is 0 Å². The highest BCUT2D eigenvalue weighted by molar-refractivity contribution is 7.89. The summed E-state index contributed by atoms with van der Waals surface area (Å²) in [5.41, 5.74) is 0.937. The van der Waals surface area contributed by atoms with Gasteiger partial charge in [0.2, 0.25) is 10.0 Å². The van der Waals surface area contributed by atoms with Gasteiger partial charge in [-0.1, -0.05) is 12.1 Å². The van der Waals surface area contributed by atoms with Crippen LogP contribution in [0.5, 0.6) is 5.75 Å². The Morgan fingerprint density at radius 1 is 1.22 bits per heavy atom. The molecule has 1 aromatic carbocycles. The molecule has 7 heteroatoms. The molecule has 2 aromatic heterocycles. The Hall–Kier alpha value is -2.09. The van der Waals surface area contributed by atoms with Crippen LogP contribution in [0.25, 0.3) is 11.3 Å². The van der Waals surface area contributed by atoms with Gasteiger partial charge in [0.05, 0.1) is 13.4 Å². The third-order valence-electron chi connectivity index (χ3n) is 3.25. The molecule has 0 saturated heterocycles. The van der Waals surface area contributed by atoms with Gasteiger partial charge in [0, 0.05) is 22.4 Å². The number of rotatable bonds is 6. The molecular formula is C16H15NO4S2. The van der Waals surface area contributed by atoms with Crippen molar-refractivity contribution in [2.75, 3.05) is 7.11 Å². The van der Waals surface area contributed by atoms with Crippen molar-refractivity contribution >= 4 is 21.4 Å². The van der Waals surface area contributed by atoms with E-state index in [1.54, 1.807) is 24.5 Å². The molecular weight excluding hydrogens is 334 g/mol. The van der Waals surface area contributed by atoms with E-state index in [9.17, 15) is 8.42 Å². The van der Waals surface area contributed by atoms with Gasteiger partial charge >= 0.3 is 0 Å². The van der Waals surface area contributed by atoms with E-state index in [1.807, 2.05) is 23.6 Å². The van der Waals surface area contributed by atoms with Crippen LogP contribution in [-0.4, -0.2) is 15.5 Å². The first-order valence-corrected chi connectivity index (χ1v) is 9.20. The van der Waals surface area contributed by atoms with Crippen LogP contribution in [0.1, 0.15) is 4.88 Å². The Bertz CT molecular complexity index is 882. The number of sulfonamides is 1. The molecule has 3 rings (SSSR count). The average Bonchev–Trinajstić information content (AvgIpc) is 3.24. The molecule has 2 heterocycles. The normalized spacial score (nSPS) is 11.5. The summed E-state index contributed by atoms with van der Waals surface area (Å²) in [7, 11) is -2.19. The zero-order valence-corrected chi connectivity index (χ0v) is 14.0. The Morgan fingerprint density at radius 2 is 2.04 bits per heavy atom. The van der Waals surface area contributed by atoms with Gasteiger partial charge in [-0.3, -0.25) is 0 Å². The van der Waals surface area contributed by atoms with Crippen LogP contribution in [0, 0.1) is 0 Å². The van der Waals surface area contributed by atoms with Gasteiger partial charge in [-0.2, -0.15) is 0 Å². The quantitative estimate of drug-likeness (QED) is 0.739. The van der Waals surface area contributed by atoms with E-state index in [0.29, 0.717) is 5.75 Å². The molecule has 5 nitrogen and oxygen atoms in total. The first-order valence-electron chi connectivity index (χ1n) is 6.84. The third-order valence-corrected chi connectivity index (χ3v) is 5.63. The number of benzene rings is 1. The highest BCUT2D eigenvalue weighted by Crippen LogP contribution is 2.27. The molecule has 3 aromatic rings. The minimum atomic E-state index is -3.64. The van der Waals surface area contributed by atoms with Crippen LogP contribution >= 0.6 is 11.3 Å². The van der Waals surface area contributed by atoms with Crippen molar-refractivity contribution in [3.8, 4) is 17.1 Å². The lowest BCUT2D eigenvalue weighted by Crippen LogP contribution is -2.23. The van der Waals surface area contributed by atoms with Crippen LogP contribution in [0.4, 0.5) is 0 Å². The van der Waals surface area contributed by atoms with Crippen LogP contribution in [0.2, 0.25) is 0 Å². The zero-order chi connectivity index (χ0) is 16.3. The van der Waals surface area contributed by atoms with Gasteiger partial charge in [-0.15, -0.1) is 11.3 Å². The van der Waals surface area contributed by atoms with E-state index in [-0.39, 0.29) is 11.4 Å². The van der Waals surface area contributed by atoms with Crippen molar-refractivity contribution in [2.24, 2.45) is 0 Å². The lowest BCUT2D eigenvalue weighted by Gasteiger charge is -2.09. The third kappa shape index (κ3) is 3.47. The van der Waals surface area contributed by atoms with Gasteiger partial charge in [-0.05, 0) is 30.3 Å². The molecule has 23 heavy (non-hydrogen) atoms. The fourth-order valence-electron chi connectivity index (χ4n) is 2.13. The molecule has 0 radical (unpaired) electrons. The summed E-state index contributed by atoms with van der Waals surface area (Å²) in [5, 5.41) is 1.94. The molecule has 0 bridgehead atoms. The number of para-hydroxylation sites is 1. The molecule has 0 unspecified atom stereocenters. The van der Waals surface area contributed by atoms with Gasteiger partial charge in [0.1, 0.15) is 16.4 Å². The smallest absolute Gasteiger partial charge is 0.244 e. The number of ether oxygens (including phenoxy) is 1. The van der Waals surface area contributed by atoms with E-state index >= 15 is 0 Å². The number of hydrogen-bond acceptors (Lipinski definition) is 5. The Morgan fingerprint density at radius 3 is 2.78 bits per heavy atom. The van der Waals surface area contributed by atoms with Crippen molar-refractivity contribution in [1.82, 2.24) is 4.72 Å². The van der Waals surface area contributed by atoms with Crippen LogP contribution in [0.15, 0.2) is 63.4 Å². The summed E-state index contributed by atoms with van der Waals surface area (Å²) < 4.78 is 37.9. The number of hydrogen-bond donors (Lipinski definition) is 1. The summed E-state index contributed by atoms with van der Waals surface area (Å²) >= 11 is 1.48. The lowest BCUT2D eigenvalue weighted by molar-refractivity contribution is 0.402. The maximum absolute atomic E-state index is 12.4. The SMILES string of the molecule is COc1ccccc1S(=O)(=O)NCc1cc(-c2ccco2)cs1. The summed E-state index contributed by atoms with van der Waals surface area (Å²) in [6.45, 7) is 0.214. The molecule has 0 aliphatic rings. The highest BCUT2D eigenvalue weighted by atomic mass is 32.2. The van der Waals surface area contributed by atoms with Gasteiger partial charge in [0.25, 0.3) is 0 Å². The topological polar surface area (TPSA) is 68.5 Å². The minimum absolute atomic E-state index is 0.130. The molecule has 0 aliphatic heterocycles. The minimum Gasteiger partial charge on any atom is -0.495 e. The number of nitrogens with one attached hydrogen (secondary N) is 1. The van der Waals surface area contributed by atoms with Crippen LogP contribution in [0.3, 0.4) is 0 Å². The number of methoxy groups -OCH3 is 1. The second kappa shape index (κ2) is 6.57. The second-order valence-electron chi connectivity index (χ2n) is 4.75. The zero-order valence-electron chi connectivity index (χ0n) is 12.4. The molecule has 0 amide bonds. The Kier molecular flexibility index (Phi) is 4.51. The predicted octanol–water partition coefficient (Wildman–Crippen LogP) is 3.50. The summed E-state index contributed by atoms with van der Waals surface area (Å²) in [6, 6.07) is 12.1. The standard InChI is InChI=1S/C16H15NO4S2/c1-20-15-5-2-3-7-16(15)23(18,19)17-10-13-9-12(11-22-13)14-6-4-8-21-14/h2-9,11,17H,10H2,1H3. The molecule has 120 valence electrons. The Balaban J connectivity index is 1.75. The monoisotopic (exact) mass is 349 g/mol. The van der Waals surface area contributed by atoms with E-state index in [4.69, 9.17) is 9.15 Å². The second-order valence-corrected chi connectivity index (χ2v) is 7.49. The average molecular weight is 349 g/mol. The van der Waals surface area contributed by atoms with Gasteiger partial charge in [-0.25, -0.2) is 13.1 Å². The number of furan rings is 1. The molecule has 0 fully saturated rings. The van der Waals surface area contributed by atoms with E-state index in [2.05, 4.69) is 4.72 Å².